The standard InChI is InChI=1S/C14H11F3N2O2/c1-8-4-5-10-9(7-8)19-13(12(20)21-10,14(15,16)17)11-3-2-6-18-11/h2-7,18-19H,1H3/t13-/m1/s1. The highest BCUT2D eigenvalue weighted by Crippen LogP contribution is 2.47. The Morgan fingerprint density at radius 2 is 2.00 bits per heavy atom. The summed E-state index contributed by atoms with van der Waals surface area (Å²) >= 11 is 0. The average Bonchev–Trinajstić information content (AvgIpc) is 2.91. The molecule has 1 atom stereocenters. The first-order valence-corrected chi connectivity index (χ1v) is 6.16. The van der Waals surface area contributed by atoms with E-state index in [-0.39, 0.29) is 17.1 Å². The molecule has 0 amide bonds. The third-order valence-electron chi connectivity index (χ3n) is 3.39. The van der Waals surface area contributed by atoms with Crippen molar-refractivity contribution < 1.29 is 22.7 Å². The predicted molar refractivity (Wildman–Crippen MR) is 69.0 cm³/mol. The highest BCUT2D eigenvalue weighted by atomic mass is 19.4. The van der Waals surface area contributed by atoms with Crippen LogP contribution >= 0.6 is 0 Å². The van der Waals surface area contributed by atoms with E-state index in [4.69, 9.17) is 4.74 Å². The first-order chi connectivity index (χ1) is 9.84. The molecule has 21 heavy (non-hydrogen) atoms. The number of aromatic nitrogens is 1. The van der Waals surface area contributed by atoms with E-state index in [1.54, 1.807) is 13.0 Å². The molecule has 1 aromatic carbocycles. The lowest BCUT2D eigenvalue weighted by atomic mass is 9.92. The van der Waals surface area contributed by atoms with Gasteiger partial charge < -0.3 is 15.0 Å². The van der Waals surface area contributed by atoms with Gasteiger partial charge in [-0.3, -0.25) is 0 Å². The summed E-state index contributed by atoms with van der Waals surface area (Å²) in [5.74, 6) is -1.33. The number of rotatable bonds is 1. The molecule has 110 valence electrons. The molecule has 2 aromatic rings. The number of H-pyrrole nitrogens is 1. The number of hydrogen-bond donors (Lipinski definition) is 2. The number of anilines is 1. The van der Waals surface area contributed by atoms with Gasteiger partial charge in [-0.15, -0.1) is 0 Å². The lowest BCUT2D eigenvalue weighted by Gasteiger charge is -2.38. The highest BCUT2D eigenvalue weighted by molar-refractivity contribution is 5.93. The van der Waals surface area contributed by atoms with Crippen molar-refractivity contribution in [2.24, 2.45) is 0 Å². The third-order valence-corrected chi connectivity index (χ3v) is 3.39. The summed E-state index contributed by atoms with van der Waals surface area (Å²) < 4.78 is 45.8. The summed E-state index contributed by atoms with van der Waals surface area (Å²) in [7, 11) is 0. The molecule has 4 nitrogen and oxygen atoms in total. The zero-order valence-corrected chi connectivity index (χ0v) is 10.9. The number of carbonyl (C=O) groups is 1. The second-order valence-electron chi connectivity index (χ2n) is 4.85. The molecule has 1 aliphatic rings. The van der Waals surface area contributed by atoms with Gasteiger partial charge in [0.1, 0.15) is 0 Å². The van der Waals surface area contributed by atoms with E-state index in [0.717, 1.165) is 5.56 Å². The Balaban J connectivity index is 2.20. The maximum atomic E-state index is 13.6. The van der Waals surface area contributed by atoms with Crippen LogP contribution in [0.15, 0.2) is 36.5 Å². The number of ether oxygens (including phenoxy) is 1. The number of nitrogens with one attached hydrogen (secondary N) is 2. The van der Waals surface area contributed by atoms with E-state index in [2.05, 4.69) is 10.3 Å². The molecule has 0 bridgehead atoms. The second kappa shape index (κ2) is 4.28. The van der Waals surface area contributed by atoms with Gasteiger partial charge in [-0.25, -0.2) is 4.79 Å². The predicted octanol–water partition coefficient (Wildman–Crippen LogP) is 3.11. The van der Waals surface area contributed by atoms with Crippen molar-refractivity contribution in [3.05, 3.63) is 47.8 Å². The lowest BCUT2D eigenvalue weighted by molar-refractivity contribution is -0.199. The van der Waals surface area contributed by atoms with E-state index in [1.807, 2.05) is 0 Å². The fourth-order valence-corrected chi connectivity index (χ4v) is 2.34. The molecule has 0 saturated heterocycles. The summed E-state index contributed by atoms with van der Waals surface area (Å²) in [6, 6.07) is 7.21. The lowest BCUT2D eigenvalue weighted by Crippen LogP contribution is -2.59. The van der Waals surface area contributed by atoms with Gasteiger partial charge in [-0.2, -0.15) is 13.2 Å². The van der Waals surface area contributed by atoms with E-state index >= 15 is 0 Å². The van der Waals surface area contributed by atoms with Crippen LogP contribution in [0.5, 0.6) is 5.75 Å². The Kier molecular flexibility index (Phi) is 2.76. The summed E-state index contributed by atoms with van der Waals surface area (Å²) in [6.07, 6.45) is -3.54. The fourth-order valence-electron chi connectivity index (χ4n) is 2.34. The fraction of sp³-hybridized carbons (Fsp3) is 0.214. The van der Waals surface area contributed by atoms with Crippen molar-refractivity contribution in [1.82, 2.24) is 4.98 Å². The van der Waals surface area contributed by atoms with Crippen LogP contribution in [0.4, 0.5) is 18.9 Å². The van der Waals surface area contributed by atoms with Gasteiger partial charge in [-0.05, 0) is 36.8 Å². The molecule has 0 aliphatic carbocycles. The first-order valence-electron chi connectivity index (χ1n) is 6.16. The number of hydrogen-bond acceptors (Lipinski definition) is 3. The molecule has 0 saturated carbocycles. The van der Waals surface area contributed by atoms with Gasteiger partial charge >= 0.3 is 12.1 Å². The smallest absolute Gasteiger partial charge is 0.422 e. The van der Waals surface area contributed by atoms with Crippen molar-refractivity contribution in [3.8, 4) is 5.75 Å². The largest absolute Gasteiger partial charge is 0.428 e. The van der Waals surface area contributed by atoms with Crippen LogP contribution < -0.4 is 10.1 Å². The van der Waals surface area contributed by atoms with Crippen LogP contribution in [-0.4, -0.2) is 17.1 Å². The molecule has 0 spiro atoms. The normalized spacial score (nSPS) is 21.4. The molecule has 2 N–H and O–H groups in total. The molecule has 2 heterocycles. The number of benzene rings is 1. The Bertz CT molecular complexity index is 695. The number of fused-ring (bicyclic) bond motifs is 1. The quantitative estimate of drug-likeness (QED) is 0.628. The Morgan fingerprint density at radius 3 is 2.62 bits per heavy atom. The van der Waals surface area contributed by atoms with Crippen molar-refractivity contribution in [3.63, 3.8) is 0 Å². The molecule has 0 unspecified atom stereocenters. The number of carbonyl (C=O) groups excluding carboxylic acids is 1. The van der Waals surface area contributed by atoms with Crippen molar-refractivity contribution in [2.45, 2.75) is 18.6 Å². The summed E-state index contributed by atoms with van der Waals surface area (Å²) in [6.45, 7) is 1.74. The second-order valence-corrected chi connectivity index (χ2v) is 4.85. The van der Waals surface area contributed by atoms with Crippen LogP contribution in [0.2, 0.25) is 0 Å². The van der Waals surface area contributed by atoms with E-state index in [9.17, 15) is 18.0 Å². The zero-order chi connectivity index (χ0) is 15.3. The van der Waals surface area contributed by atoms with Crippen molar-refractivity contribution in [2.75, 3.05) is 5.32 Å². The molecule has 0 radical (unpaired) electrons. The van der Waals surface area contributed by atoms with E-state index in [0.29, 0.717) is 0 Å². The van der Waals surface area contributed by atoms with Gasteiger partial charge in [0.15, 0.2) is 5.75 Å². The molecule has 1 aliphatic heterocycles. The van der Waals surface area contributed by atoms with Gasteiger partial charge in [0.25, 0.3) is 5.54 Å². The average molecular weight is 296 g/mol. The van der Waals surface area contributed by atoms with Gasteiger partial charge in [0.2, 0.25) is 0 Å². The Labute approximate surface area is 117 Å². The summed E-state index contributed by atoms with van der Waals surface area (Å²) in [5, 5.41) is 2.31. The maximum Gasteiger partial charge on any atom is 0.428 e. The summed E-state index contributed by atoms with van der Waals surface area (Å²) in [5.41, 5.74) is -2.37. The number of halogens is 3. The number of aromatic amines is 1. The zero-order valence-electron chi connectivity index (χ0n) is 10.9. The SMILES string of the molecule is Cc1ccc2c(c1)N[C@@](c1ccc[nH]1)(C(F)(F)F)C(=O)O2. The Morgan fingerprint density at radius 1 is 1.24 bits per heavy atom. The molecule has 3 rings (SSSR count). The minimum absolute atomic E-state index is 0.0806. The minimum atomic E-state index is -4.86. The highest BCUT2D eigenvalue weighted by Gasteiger charge is 2.65. The molecular formula is C14H11F3N2O2. The van der Waals surface area contributed by atoms with E-state index < -0.39 is 17.7 Å². The van der Waals surface area contributed by atoms with Gasteiger partial charge in [-0.1, -0.05) is 6.07 Å². The molecule has 7 heteroatoms. The monoisotopic (exact) mass is 296 g/mol. The van der Waals surface area contributed by atoms with E-state index in [1.165, 1.54) is 30.5 Å². The Hall–Kier alpha value is -2.44. The van der Waals surface area contributed by atoms with Crippen LogP contribution in [-0.2, 0) is 10.3 Å². The van der Waals surface area contributed by atoms with Crippen LogP contribution in [0.3, 0.4) is 0 Å². The van der Waals surface area contributed by atoms with Crippen LogP contribution in [0.1, 0.15) is 11.3 Å². The molecule has 0 fully saturated rings. The van der Waals surface area contributed by atoms with Crippen molar-refractivity contribution >= 4 is 11.7 Å². The topological polar surface area (TPSA) is 54.1 Å². The number of esters is 1. The number of aryl methyl sites for hydroxylation is 1. The van der Waals surface area contributed by atoms with Crippen LogP contribution in [0, 0.1) is 6.92 Å². The van der Waals surface area contributed by atoms with Gasteiger partial charge in [0.05, 0.1) is 11.4 Å². The molecule has 1 aromatic heterocycles. The summed E-state index contributed by atoms with van der Waals surface area (Å²) in [4.78, 5) is 14.5. The minimum Gasteiger partial charge on any atom is -0.422 e. The van der Waals surface area contributed by atoms with Crippen molar-refractivity contribution in [1.29, 1.82) is 0 Å². The maximum absolute atomic E-state index is 13.6. The van der Waals surface area contributed by atoms with Gasteiger partial charge in [0, 0.05) is 6.20 Å². The number of alkyl halides is 3. The van der Waals surface area contributed by atoms with Crippen LogP contribution in [0.25, 0.3) is 0 Å². The molecular weight excluding hydrogens is 285 g/mol. The first kappa shape index (κ1) is 13.5. The third kappa shape index (κ3) is 1.88.